The summed E-state index contributed by atoms with van der Waals surface area (Å²) in [5, 5.41) is 12.3. The predicted octanol–water partition coefficient (Wildman–Crippen LogP) is 1.51. The smallest absolute Gasteiger partial charge is 0.394 e. The molecule has 0 saturated carbocycles. The first-order chi connectivity index (χ1) is 6.38. The molecule has 0 spiro atoms. The normalized spacial score (nSPS) is 12.1. The van der Waals surface area contributed by atoms with Crippen LogP contribution in [0.4, 0.5) is 13.2 Å². The van der Waals surface area contributed by atoms with Gasteiger partial charge >= 0.3 is 6.18 Å². The number of aromatic nitrogens is 2. The highest BCUT2D eigenvalue weighted by atomic mass is 19.4. The van der Waals surface area contributed by atoms with E-state index in [1.165, 1.54) is 13.8 Å². The summed E-state index contributed by atoms with van der Waals surface area (Å²) in [5.41, 5.74) is -0.319. The van der Waals surface area contributed by atoms with Gasteiger partial charge in [0.2, 0.25) is 0 Å². The standard InChI is InChI=1S/C8H11F3N2O/c1-5-6(2)12-13(3-4-14)7(5)8(9,10)11/h14H,3-4H2,1-2H3. The van der Waals surface area contributed by atoms with Crippen molar-refractivity contribution in [2.24, 2.45) is 0 Å². The first-order valence-electron chi connectivity index (χ1n) is 4.10. The monoisotopic (exact) mass is 208 g/mol. The Morgan fingerprint density at radius 2 is 1.93 bits per heavy atom. The fraction of sp³-hybridized carbons (Fsp3) is 0.625. The maximum absolute atomic E-state index is 12.5. The summed E-state index contributed by atoms with van der Waals surface area (Å²) in [5.74, 6) is 0. The van der Waals surface area contributed by atoms with Crippen molar-refractivity contribution in [3.05, 3.63) is 17.0 Å². The Hall–Kier alpha value is -1.04. The van der Waals surface area contributed by atoms with Crippen LogP contribution in [0.25, 0.3) is 0 Å². The second-order valence-electron chi connectivity index (χ2n) is 3.00. The zero-order valence-corrected chi connectivity index (χ0v) is 7.89. The topological polar surface area (TPSA) is 38.0 Å². The number of rotatable bonds is 2. The van der Waals surface area contributed by atoms with Crippen molar-refractivity contribution in [3.63, 3.8) is 0 Å². The summed E-state index contributed by atoms with van der Waals surface area (Å²) >= 11 is 0. The van der Waals surface area contributed by atoms with Gasteiger partial charge in [0.05, 0.1) is 18.8 Å². The van der Waals surface area contributed by atoms with Crippen LogP contribution in [0, 0.1) is 13.8 Å². The van der Waals surface area contributed by atoms with Crippen molar-refractivity contribution in [3.8, 4) is 0 Å². The Labute approximate surface area is 79.2 Å². The van der Waals surface area contributed by atoms with Crippen molar-refractivity contribution in [1.82, 2.24) is 9.78 Å². The second kappa shape index (κ2) is 3.61. The maximum atomic E-state index is 12.5. The van der Waals surface area contributed by atoms with Crippen LogP contribution < -0.4 is 0 Å². The maximum Gasteiger partial charge on any atom is 0.433 e. The van der Waals surface area contributed by atoms with Crippen molar-refractivity contribution < 1.29 is 18.3 Å². The van der Waals surface area contributed by atoms with Crippen molar-refractivity contribution >= 4 is 0 Å². The van der Waals surface area contributed by atoms with Crippen LogP contribution in [0.5, 0.6) is 0 Å². The van der Waals surface area contributed by atoms with Gasteiger partial charge in [-0.1, -0.05) is 0 Å². The molecule has 0 fully saturated rings. The van der Waals surface area contributed by atoms with Gasteiger partial charge in [-0.25, -0.2) is 0 Å². The van der Waals surface area contributed by atoms with Crippen LogP contribution in [-0.2, 0) is 12.7 Å². The van der Waals surface area contributed by atoms with Crippen LogP contribution >= 0.6 is 0 Å². The highest BCUT2D eigenvalue weighted by Gasteiger charge is 2.37. The van der Waals surface area contributed by atoms with E-state index in [9.17, 15) is 13.2 Å². The highest BCUT2D eigenvalue weighted by Crippen LogP contribution is 2.32. The zero-order chi connectivity index (χ0) is 10.9. The number of halogens is 3. The van der Waals surface area contributed by atoms with Gasteiger partial charge in [-0.05, 0) is 13.8 Å². The molecular weight excluding hydrogens is 197 g/mol. The summed E-state index contributed by atoms with van der Waals surface area (Å²) in [6.07, 6.45) is -4.42. The quantitative estimate of drug-likeness (QED) is 0.800. The van der Waals surface area contributed by atoms with Crippen molar-refractivity contribution in [2.45, 2.75) is 26.6 Å². The van der Waals surface area contributed by atoms with Crippen LogP contribution in [0.15, 0.2) is 0 Å². The van der Waals surface area contributed by atoms with E-state index in [1.807, 2.05) is 0 Å². The molecule has 1 aromatic rings. The van der Waals surface area contributed by atoms with Gasteiger partial charge in [0, 0.05) is 5.56 Å². The fourth-order valence-electron chi connectivity index (χ4n) is 1.29. The molecule has 1 N–H and O–H groups in total. The number of nitrogens with zero attached hydrogens (tertiary/aromatic N) is 2. The van der Waals surface area contributed by atoms with Gasteiger partial charge in [-0.15, -0.1) is 0 Å². The van der Waals surface area contributed by atoms with Gasteiger partial charge in [-0.2, -0.15) is 18.3 Å². The number of aliphatic hydroxyl groups is 1. The molecule has 14 heavy (non-hydrogen) atoms. The molecule has 0 bridgehead atoms. The third kappa shape index (κ3) is 1.89. The number of aryl methyl sites for hydroxylation is 1. The summed E-state index contributed by atoms with van der Waals surface area (Å²) in [6, 6.07) is 0. The summed E-state index contributed by atoms with van der Waals surface area (Å²) < 4.78 is 38.3. The van der Waals surface area contributed by atoms with E-state index in [-0.39, 0.29) is 18.7 Å². The SMILES string of the molecule is Cc1nn(CCO)c(C(F)(F)F)c1C. The molecule has 80 valence electrons. The molecule has 0 radical (unpaired) electrons. The number of hydrogen-bond donors (Lipinski definition) is 1. The van der Waals surface area contributed by atoms with E-state index >= 15 is 0 Å². The molecule has 0 amide bonds. The van der Waals surface area contributed by atoms with Crippen LogP contribution in [0.3, 0.4) is 0 Å². The minimum absolute atomic E-state index is 0.117. The number of aliphatic hydroxyl groups excluding tert-OH is 1. The van der Waals surface area contributed by atoms with Gasteiger partial charge in [0.15, 0.2) is 0 Å². The molecule has 0 saturated heterocycles. The van der Waals surface area contributed by atoms with E-state index in [0.29, 0.717) is 5.69 Å². The van der Waals surface area contributed by atoms with Gasteiger partial charge in [0.1, 0.15) is 5.69 Å². The minimum atomic E-state index is -4.42. The Bertz CT molecular complexity index is 330. The summed E-state index contributed by atoms with van der Waals surface area (Å²) in [6.45, 7) is 2.39. The van der Waals surface area contributed by atoms with Crippen molar-refractivity contribution in [1.29, 1.82) is 0 Å². The lowest BCUT2D eigenvalue weighted by Crippen LogP contribution is -2.17. The molecule has 0 aliphatic heterocycles. The van der Waals surface area contributed by atoms with E-state index in [0.717, 1.165) is 4.68 Å². The van der Waals surface area contributed by atoms with Crippen LogP contribution in [0.2, 0.25) is 0 Å². The van der Waals surface area contributed by atoms with E-state index < -0.39 is 11.9 Å². The lowest BCUT2D eigenvalue weighted by molar-refractivity contribution is -0.144. The first kappa shape index (κ1) is 11.0. The average molecular weight is 208 g/mol. The highest BCUT2D eigenvalue weighted by molar-refractivity contribution is 5.26. The van der Waals surface area contributed by atoms with Crippen LogP contribution in [0.1, 0.15) is 17.0 Å². The molecule has 1 rings (SSSR count). The lowest BCUT2D eigenvalue weighted by atomic mass is 10.2. The Kier molecular flexibility index (Phi) is 2.84. The molecule has 1 heterocycles. The molecule has 0 aromatic carbocycles. The molecule has 0 aliphatic carbocycles. The Morgan fingerprint density at radius 3 is 2.36 bits per heavy atom. The van der Waals surface area contributed by atoms with Crippen molar-refractivity contribution in [2.75, 3.05) is 6.61 Å². The Morgan fingerprint density at radius 1 is 1.36 bits per heavy atom. The lowest BCUT2D eigenvalue weighted by Gasteiger charge is -2.09. The fourth-order valence-corrected chi connectivity index (χ4v) is 1.29. The number of hydrogen-bond acceptors (Lipinski definition) is 2. The third-order valence-electron chi connectivity index (χ3n) is 2.01. The second-order valence-corrected chi connectivity index (χ2v) is 3.00. The van der Waals surface area contributed by atoms with E-state index in [2.05, 4.69) is 5.10 Å². The molecular formula is C8H11F3N2O. The van der Waals surface area contributed by atoms with Gasteiger partial charge in [-0.3, -0.25) is 4.68 Å². The molecule has 0 aliphatic rings. The molecule has 0 atom stereocenters. The molecule has 6 heteroatoms. The first-order valence-corrected chi connectivity index (χ1v) is 4.10. The third-order valence-corrected chi connectivity index (χ3v) is 2.01. The van der Waals surface area contributed by atoms with Crippen LogP contribution in [-0.4, -0.2) is 21.5 Å². The molecule has 0 unspecified atom stereocenters. The minimum Gasteiger partial charge on any atom is -0.394 e. The molecule has 3 nitrogen and oxygen atoms in total. The summed E-state index contributed by atoms with van der Waals surface area (Å²) in [7, 11) is 0. The summed E-state index contributed by atoms with van der Waals surface area (Å²) in [4.78, 5) is 0. The van der Waals surface area contributed by atoms with Gasteiger partial charge < -0.3 is 5.11 Å². The zero-order valence-electron chi connectivity index (χ0n) is 7.89. The van der Waals surface area contributed by atoms with Gasteiger partial charge in [0.25, 0.3) is 0 Å². The molecule has 1 aromatic heterocycles. The number of alkyl halides is 3. The van der Waals surface area contributed by atoms with E-state index in [1.54, 1.807) is 0 Å². The van der Waals surface area contributed by atoms with E-state index in [4.69, 9.17) is 5.11 Å². The predicted molar refractivity (Wildman–Crippen MR) is 43.8 cm³/mol. The Balaban J connectivity index is 3.23. The largest absolute Gasteiger partial charge is 0.433 e. The average Bonchev–Trinajstić information content (AvgIpc) is 2.27.